The molecular weight excluding hydrogens is 345 g/mol. The van der Waals surface area contributed by atoms with Crippen LogP contribution in [0.5, 0.6) is 0 Å². The van der Waals surface area contributed by atoms with Crippen molar-refractivity contribution < 1.29 is 23.1 Å². The second kappa shape index (κ2) is 5.52. The van der Waals surface area contributed by atoms with Gasteiger partial charge in [0.2, 0.25) is 0 Å². The standard InChI is InChI=1S/C11H9F2IO3/c1-3-17-11(16)10(15)6-4-7(14)9(13)5(2)8(6)12/h4H,3H2,1-2H3. The van der Waals surface area contributed by atoms with Crippen LogP contribution in [0.1, 0.15) is 22.8 Å². The van der Waals surface area contributed by atoms with Gasteiger partial charge in [-0.05, 0) is 42.5 Å². The van der Waals surface area contributed by atoms with E-state index in [0.29, 0.717) is 0 Å². The van der Waals surface area contributed by atoms with Gasteiger partial charge in [0.15, 0.2) is 0 Å². The lowest BCUT2D eigenvalue weighted by Crippen LogP contribution is -2.20. The zero-order valence-electron chi connectivity index (χ0n) is 9.14. The summed E-state index contributed by atoms with van der Waals surface area (Å²) in [6.45, 7) is 2.75. The van der Waals surface area contributed by atoms with Crippen molar-refractivity contribution in [2.45, 2.75) is 13.8 Å². The molecule has 0 spiro atoms. The Morgan fingerprint density at radius 2 is 1.94 bits per heavy atom. The summed E-state index contributed by atoms with van der Waals surface area (Å²) in [6.07, 6.45) is 0. The Morgan fingerprint density at radius 3 is 2.47 bits per heavy atom. The quantitative estimate of drug-likeness (QED) is 0.276. The van der Waals surface area contributed by atoms with Crippen molar-refractivity contribution in [1.29, 1.82) is 0 Å². The van der Waals surface area contributed by atoms with E-state index >= 15 is 0 Å². The molecule has 0 bridgehead atoms. The van der Waals surface area contributed by atoms with Crippen LogP contribution < -0.4 is 0 Å². The van der Waals surface area contributed by atoms with Crippen LogP contribution in [0.4, 0.5) is 8.78 Å². The molecule has 0 fully saturated rings. The molecule has 0 aliphatic heterocycles. The number of halogens is 3. The van der Waals surface area contributed by atoms with Crippen LogP contribution >= 0.6 is 22.6 Å². The third-order valence-corrected chi connectivity index (χ3v) is 2.87. The predicted molar refractivity (Wildman–Crippen MR) is 64.8 cm³/mol. The summed E-state index contributed by atoms with van der Waals surface area (Å²) in [7, 11) is 0. The Morgan fingerprint density at radius 1 is 1.35 bits per heavy atom. The number of benzene rings is 1. The van der Waals surface area contributed by atoms with Crippen LogP contribution in [0.3, 0.4) is 0 Å². The van der Waals surface area contributed by atoms with Crippen molar-refractivity contribution in [3.8, 4) is 0 Å². The lowest BCUT2D eigenvalue weighted by molar-refractivity contribution is -0.137. The van der Waals surface area contributed by atoms with Gasteiger partial charge in [0.1, 0.15) is 11.6 Å². The molecule has 0 unspecified atom stereocenters. The van der Waals surface area contributed by atoms with Crippen molar-refractivity contribution in [2.24, 2.45) is 0 Å². The number of hydrogen-bond acceptors (Lipinski definition) is 3. The molecule has 0 N–H and O–H groups in total. The zero-order chi connectivity index (χ0) is 13.2. The molecule has 0 atom stereocenters. The Balaban J connectivity index is 3.24. The van der Waals surface area contributed by atoms with Gasteiger partial charge < -0.3 is 4.74 Å². The predicted octanol–water partition coefficient (Wildman–Crippen LogP) is 2.62. The van der Waals surface area contributed by atoms with E-state index < -0.39 is 29.0 Å². The summed E-state index contributed by atoms with van der Waals surface area (Å²) in [4.78, 5) is 22.7. The Hall–Kier alpha value is -1.05. The van der Waals surface area contributed by atoms with Crippen molar-refractivity contribution in [3.05, 3.63) is 32.4 Å². The SMILES string of the molecule is CCOC(=O)C(=O)c1cc(I)c(F)c(C)c1F. The first-order valence-corrected chi connectivity index (χ1v) is 5.83. The Kier molecular flexibility index (Phi) is 4.55. The first-order valence-electron chi connectivity index (χ1n) is 4.75. The van der Waals surface area contributed by atoms with E-state index in [-0.39, 0.29) is 15.7 Å². The number of hydrogen-bond donors (Lipinski definition) is 0. The summed E-state index contributed by atoms with van der Waals surface area (Å²) >= 11 is 1.62. The average molecular weight is 354 g/mol. The molecule has 0 radical (unpaired) electrons. The Bertz CT molecular complexity index is 486. The second-order valence-corrected chi connectivity index (χ2v) is 4.37. The smallest absolute Gasteiger partial charge is 0.379 e. The van der Waals surface area contributed by atoms with Gasteiger partial charge in [-0.25, -0.2) is 13.6 Å². The highest BCUT2D eigenvalue weighted by Crippen LogP contribution is 2.22. The minimum absolute atomic E-state index is 0.0173. The maximum Gasteiger partial charge on any atom is 0.379 e. The molecule has 0 aromatic heterocycles. The summed E-state index contributed by atoms with van der Waals surface area (Å²) in [5.74, 6) is -4.01. The van der Waals surface area contributed by atoms with Crippen LogP contribution in [0.2, 0.25) is 0 Å². The molecule has 92 valence electrons. The van der Waals surface area contributed by atoms with E-state index in [9.17, 15) is 18.4 Å². The van der Waals surface area contributed by atoms with Crippen molar-refractivity contribution in [1.82, 2.24) is 0 Å². The van der Waals surface area contributed by atoms with Gasteiger partial charge in [0, 0.05) is 9.13 Å². The molecule has 3 nitrogen and oxygen atoms in total. The largest absolute Gasteiger partial charge is 0.460 e. The van der Waals surface area contributed by atoms with E-state index in [4.69, 9.17) is 0 Å². The van der Waals surface area contributed by atoms with Crippen LogP contribution in [-0.4, -0.2) is 18.4 Å². The van der Waals surface area contributed by atoms with E-state index in [2.05, 4.69) is 4.74 Å². The summed E-state index contributed by atoms with van der Waals surface area (Å²) < 4.78 is 31.5. The molecule has 1 aromatic rings. The molecule has 0 saturated heterocycles. The first kappa shape index (κ1) is 14.0. The maximum atomic E-state index is 13.6. The maximum absolute atomic E-state index is 13.6. The monoisotopic (exact) mass is 354 g/mol. The molecule has 0 saturated carbocycles. The number of esters is 1. The summed E-state index contributed by atoms with van der Waals surface area (Å²) in [5.41, 5.74) is -0.753. The van der Waals surface area contributed by atoms with Crippen LogP contribution in [0.25, 0.3) is 0 Å². The number of carbonyl (C=O) groups is 2. The van der Waals surface area contributed by atoms with E-state index in [1.807, 2.05) is 0 Å². The number of Topliss-reactive ketones (excluding diaryl/α,β-unsaturated/α-hetero) is 1. The van der Waals surface area contributed by atoms with Gasteiger partial charge in [-0.2, -0.15) is 0 Å². The number of ether oxygens (including phenoxy) is 1. The van der Waals surface area contributed by atoms with E-state index in [1.165, 1.54) is 13.8 Å². The first-order chi connectivity index (χ1) is 7.90. The van der Waals surface area contributed by atoms with Gasteiger partial charge in [-0.15, -0.1) is 0 Å². The molecule has 1 aromatic carbocycles. The highest BCUT2D eigenvalue weighted by molar-refractivity contribution is 14.1. The van der Waals surface area contributed by atoms with Gasteiger partial charge in [0.25, 0.3) is 5.78 Å². The molecule has 0 amide bonds. The fraction of sp³-hybridized carbons (Fsp3) is 0.273. The van der Waals surface area contributed by atoms with Crippen LogP contribution in [0.15, 0.2) is 6.07 Å². The minimum Gasteiger partial charge on any atom is -0.460 e. The lowest BCUT2D eigenvalue weighted by atomic mass is 10.1. The van der Waals surface area contributed by atoms with Crippen molar-refractivity contribution >= 4 is 34.3 Å². The van der Waals surface area contributed by atoms with Crippen LogP contribution in [0, 0.1) is 22.1 Å². The Labute approximate surface area is 110 Å². The molecule has 6 heteroatoms. The molecule has 1 rings (SSSR count). The van der Waals surface area contributed by atoms with Crippen molar-refractivity contribution in [2.75, 3.05) is 6.61 Å². The molecule has 0 aliphatic rings. The highest BCUT2D eigenvalue weighted by atomic mass is 127. The highest BCUT2D eigenvalue weighted by Gasteiger charge is 2.24. The van der Waals surface area contributed by atoms with E-state index in [0.717, 1.165) is 6.07 Å². The van der Waals surface area contributed by atoms with Gasteiger partial charge in [-0.3, -0.25) is 4.79 Å². The molecule has 0 heterocycles. The third-order valence-electron chi connectivity index (χ3n) is 2.08. The number of ketones is 1. The fourth-order valence-corrected chi connectivity index (χ4v) is 1.92. The second-order valence-electron chi connectivity index (χ2n) is 3.21. The minimum atomic E-state index is -1.15. The normalized spacial score (nSPS) is 10.2. The molecular formula is C11H9F2IO3. The van der Waals surface area contributed by atoms with Crippen molar-refractivity contribution in [3.63, 3.8) is 0 Å². The lowest BCUT2D eigenvalue weighted by Gasteiger charge is -2.07. The van der Waals surface area contributed by atoms with Gasteiger partial charge in [-0.1, -0.05) is 0 Å². The molecule has 0 aliphatic carbocycles. The van der Waals surface area contributed by atoms with Gasteiger partial charge >= 0.3 is 5.97 Å². The van der Waals surface area contributed by atoms with Crippen LogP contribution in [-0.2, 0) is 9.53 Å². The average Bonchev–Trinajstić information content (AvgIpc) is 2.30. The zero-order valence-corrected chi connectivity index (χ0v) is 11.3. The fourth-order valence-electron chi connectivity index (χ4n) is 1.20. The number of rotatable bonds is 3. The number of carbonyl (C=O) groups excluding carboxylic acids is 2. The van der Waals surface area contributed by atoms with E-state index in [1.54, 1.807) is 22.6 Å². The van der Waals surface area contributed by atoms with Gasteiger partial charge in [0.05, 0.1) is 12.2 Å². The summed E-state index contributed by atoms with van der Waals surface area (Å²) in [6, 6.07) is 0.998. The third kappa shape index (κ3) is 2.80. The molecule has 17 heavy (non-hydrogen) atoms. The summed E-state index contributed by atoms with van der Waals surface area (Å²) in [5, 5.41) is 0. The topological polar surface area (TPSA) is 43.4 Å².